The largest absolute Gasteiger partial charge is 0.497 e. The van der Waals surface area contributed by atoms with Crippen molar-refractivity contribution in [1.82, 2.24) is 4.98 Å². The zero-order valence-electron chi connectivity index (χ0n) is 13.8. The standard InChI is InChI=1S/C18H23NO2S.ClH/c1-12(2)17-10-14(8-9-21-17)18-19-16(11-22-18)13-4-6-15(20-3)7-5-13;/h4-7,11-12,14,17H,8-10H2,1-3H3;1H. The number of thiazole rings is 1. The van der Waals surface area contributed by atoms with Gasteiger partial charge in [-0.3, -0.25) is 0 Å². The van der Waals surface area contributed by atoms with Crippen molar-refractivity contribution in [2.45, 2.75) is 38.7 Å². The molecule has 23 heavy (non-hydrogen) atoms. The number of rotatable bonds is 4. The van der Waals surface area contributed by atoms with Crippen LogP contribution in [0.1, 0.15) is 37.6 Å². The van der Waals surface area contributed by atoms with Gasteiger partial charge < -0.3 is 9.47 Å². The molecule has 2 heterocycles. The molecule has 0 spiro atoms. The summed E-state index contributed by atoms with van der Waals surface area (Å²) in [5, 5.41) is 3.41. The van der Waals surface area contributed by atoms with Gasteiger partial charge in [0.1, 0.15) is 5.75 Å². The van der Waals surface area contributed by atoms with Gasteiger partial charge in [-0.1, -0.05) is 13.8 Å². The van der Waals surface area contributed by atoms with Gasteiger partial charge >= 0.3 is 0 Å². The summed E-state index contributed by atoms with van der Waals surface area (Å²) >= 11 is 1.78. The maximum absolute atomic E-state index is 5.87. The average Bonchev–Trinajstić information content (AvgIpc) is 3.05. The molecule has 1 aliphatic heterocycles. The van der Waals surface area contributed by atoms with Crippen LogP contribution in [0.5, 0.6) is 5.75 Å². The summed E-state index contributed by atoms with van der Waals surface area (Å²) in [6.07, 6.45) is 2.54. The van der Waals surface area contributed by atoms with Gasteiger partial charge in [0, 0.05) is 23.5 Å². The zero-order chi connectivity index (χ0) is 15.5. The Morgan fingerprint density at radius 1 is 1.26 bits per heavy atom. The van der Waals surface area contributed by atoms with Crippen LogP contribution in [-0.2, 0) is 4.74 Å². The van der Waals surface area contributed by atoms with Crippen LogP contribution in [-0.4, -0.2) is 24.8 Å². The number of hydrogen-bond donors (Lipinski definition) is 0. The van der Waals surface area contributed by atoms with Crippen LogP contribution in [0.4, 0.5) is 0 Å². The summed E-state index contributed by atoms with van der Waals surface area (Å²) in [4.78, 5) is 4.88. The number of methoxy groups -OCH3 is 1. The van der Waals surface area contributed by atoms with Crippen molar-refractivity contribution in [3.8, 4) is 17.0 Å². The number of aromatic nitrogens is 1. The van der Waals surface area contributed by atoms with E-state index in [-0.39, 0.29) is 12.4 Å². The molecule has 5 heteroatoms. The van der Waals surface area contributed by atoms with Crippen LogP contribution in [0, 0.1) is 5.92 Å². The molecule has 1 saturated heterocycles. The average molecular weight is 354 g/mol. The van der Waals surface area contributed by atoms with E-state index in [2.05, 4.69) is 31.4 Å². The highest BCUT2D eigenvalue weighted by Gasteiger charge is 2.27. The summed E-state index contributed by atoms with van der Waals surface area (Å²) < 4.78 is 11.1. The third-order valence-corrected chi connectivity index (χ3v) is 5.32. The molecule has 0 aliphatic carbocycles. The maximum atomic E-state index is 5.87. The highest BCUT2D eigenvalue weighted by molar-refractivity contribution is 7.10. The molecule has 2 unspecified atom stereocenters. The first-order chi connectivity index (χ1) is 10.7. The van der Waals surface area contributed by atoms with E-state index in [1.807, 2.05) is 12.1 Å². The Labute approximate surface area is 148 Å². The molecule has 0 amide bonds. The SMILES string of the molecule is COc1ccc(-c2csc(C3CCOC(C(C)C)C3)n2)cc1.Cl. The Balaban J connectivity index is 0.00000192. The number of hydrogen-bond acceptors (Lipinski definition) is 4. The van der Waals surface area contributed by atoms with E-state index in [0.29, 0.717) is 17.9 Å². The Morgan fingerprint density at radius 2 is 2.00 bits per heavy atom. The van der Waals surface area contributed by atoms with Gasteiger partial charge in [0.2, 0.25) is 0 Å². The van der Waals surface area contributed by atoms with E-state index in [0.717, 1.165) is 36.5 Å². The van der Waals surface area contributed by atoms with Crippen molar-refractivity contribution in [2.24, 2.45) is 5.92 Å². The lowest BCUT2D eigenvalue weighted by molar-refractivity contribution is -0.0201. The molecule has 2 atom stereocenters. The predicted octanol–water partition coefficient (Wildman–Crippen LogP) is 5.16. The summed E-state index contributed by atoms with van der Waals surface area (Å²) in [7, 11) is 1.69. The van der Waals surface area contributed by atoms with Crippen molar-refractivity contribution in [3.05, 3.63) is 34.7 Å². The smallest absolute Gasteiger partial charge is 0.118 e. The Kier molecular flexibility index (Phi) is 6.45. The normalized spacial score (nSPS) is 21.0. The summed E-state index contributed by atoms with van der Waals surface area (Å²) in [6, 6.07) is 8.10. The lowest BCUT2D eigenvalue weighted by Crippen LogP contribution is -2.28. The molecular formula is C18H24ClNO2S. The summed E-state index contributed by atoms with van der Waals surface area (Å²) in [5.41, 5.74) is 2.21. The molecule has 0 bridgehead atoms. The fourth-order valence-corrected chi connectivity index (χ4v) is 3.87. The van der Waals surface area contributed by atoms with Crippen LogP contribution in [0.25, 0.3) is 11.3 Å². The van der Waals surface area contributed by atoms with E-state index in [9.17, 15) is 0 Å². The maximum Gasteiger partial charge on any atom is 0.118 e. The molecule has 0 radical (unpaired) electrons. The Bertz CT molecular complexity index is 612. The molecule has 1 aromatic heterocycles. The second-order valence-corrected chi connectivity index (χ2v) is 7.06. The van der Waals surface area contributed by atoms with Gasteiger partial charge in [-0.25, -0.2) is 4.98 Å². The minimum Gasteiger partial charge on any atom is -0.497 e. The Morgan fingerprint density at radius 3 is 2.65 bits per heavy atom. The first kappa shape index (κ1) is 18.2. The summed E-state index contributed by atoms with van der Waals surface area (Å²) in [5.74, 6) is 1.99. The van der Waals surface area contributed by atoms with E-state index < -0.39 is 0 Å². The molecule has 3 nitrogen and oxygen atoms in total. The predicted molar refractivity (Wildman–Crippen MR) is 97.9 cm³/mol. The highest BCUT2D eigenvalue weighted by atomic mass is 35.5. The van der Waals surface area contributed by atoms with Crippen molar-refractivity contribution in [3.63, 3.8) is 0 Å². The first-order valence-electron chi connectivity index (χ1n) is 7.89. The molecule has 0 saturated carbocycles. The minimum atomic E-state index is 0. The van der Waals surface area contributed by atoms with Gasteiger partial charge in [0.25, 0.3) is 0 Å². The second-order valence-electron chi connectivity index (χ2n) is 6.17. The highest BCUT2D eigenvalue weighted by Crippen LogP contribution is 2.36. The van der Waals surface area contributed by atoms with Gasteiger partial charge in [-0.15, -0.1) is 23.7 Å². The monoisotopic (exact) mass is 353 g/mol. The quantitative estimate of drug-likeness (QED) is 0.760. The third-order valence-electron chi connectivity index (χ3n) is 4.32. The van der Waals surface area contributed by atoms with Crippen molar-refractivity contribution >= 4 is 23.7 Å². The van der Waals surface area contributed by atoms with Crippen LogP contribution >= 0.6 is 23.7 Å². The van der Waals surface area contributed by atoms with E-state index in [1.165, 1.54) is 5.01 Å². The van der Waals surface area contributed by atoms with E-state index >= 15 is 0 Å². The molecule has 3 rings (SSSR count). The Hall–Kier alpha value is -1.10. The lowest BCUT2D eigenvalue weighted by atomic mass is 9.91. The van der Waals surface area contributed by atoms with Gasteiger partial charge in [-0.05, 0) is 43.0 Å². The fraction of sp³-hybridized carbons (Fsp3) is 0.500. The molecular weight excluding hydrogens is 330 g/mol. The lowest BCUT2D eigenvalue weighted by Gasteiger charge is -2.30. The number of nitrogens with zero attached hydrogens (tertiary/aromatic N) is 1. The number of benzene rings is 1. The van der Waals surface area contributed by atoms with Gasteiger partial charge in [-0.2, -0.15) is 0 Å². The second kappa shape index (κ2) is 8.13. The van der Waals surface area contributed by atoms with E-state index in [1.54, 1.807) is 18.4 Å². The van der Waals surface area contributed by atoms with Crippen LogP contribution in [0.2, 0.25) is 0 Å². The summed E-state index contributed by atoms with van der Waals surface area (Å²) in [6.45, 7) is 5.32. The molecule has 126 valence electrons. The van der Waals surface area contributed by atoms with Crippen LogP contribution in [0.15, 0.2) is 29.6 Å². The molecule has 1 aliphatic rings. The van der Waals surface area contributed by atoms with Crippen molar-refractivity contribution in [2.75, 3.05) is 13.7 Å². The molecule has 1 fully saturated rings. The topological polar surface area (TPSA) is 31.4 Å². The van der Waals surface area contributed by atoms with Crippen LogP contribution < -0.4 is 4.74 Å². The first-order valence-corrected chi connectivity index (χ1v) is 8.76. The zero-order valence-corrected chi connectivity index (χ0v) is 15.5. The van der Waals surface area contributed by atoms with Crippen LogP contribution in [0.3, 0.4) is 0 Å². The minimum absolute atomic E-state index is 0. The van der Waals surface area contributed by atoms with Crippen molar-refractivity contribution < 1.29 is 9.47 Å². The van der Waals surface area contributed by atoms with E-state index in [4.69, 9.17) is 14.5 Å². The fourth-order valence-electron chi connectivity index (χ4n) is 2.89. The molecule has 1 aromatic carbocycles. The van der Waals surface area contributed by atoms with Crippen molar-refractivity contribution in [1.29, 1.82) is 0 Å². The van der Waals surface area contributed by atoms with Gasteiger partial charge in [0.15, 0.2) is 0 Å². The molecule has 0 N–H and O–H groups in total. The third kappa shape index (κ3) is 4.25. The molecule has 2 aromatic rings. The number of halogens is 1. The van der Waals surface area contributed by atoms with Gasteiger partial charge in [0.05, 0.1) is 23.9 Å². The number of ether oxygens (including phenoxy) is 2.